The summed E-state index contributed by atoms with van der Waals surface area (Å²) < 4.78 is 0. The summed E-state index contributed by atoms with van der Waals surface area (Å²) in [6, 6.07) is 18.1. The van der Waals surface area contributed by atoms with Gasteiger partial charge in [-0.25, -0.2) is 0 Å². The fourth-order valence-corrected chi connectivity index (χ4v) is 2.62. The van der Waals surface area contributed by atoms with E-state index in [1.807, 2.05) is 30.3 Å². The van der Waals surface area contributed by atoms with E-state index in [1.165, 1.54) is 5.56 Å². The lowest BCUT2D eigenvalue weighted by molar-refractivity contribution is 0.0963. The maximum atomic E-state index is 11.7. The van der Waals surface area contributed by atoms with Gasteiger partial charge in [-0.1, -0.05) is 42.5 Å². The second-order valence-corrected chi connectivity index (χ2v) is 5.95. The number of aliphatic imine (C=N–C) groups is 1. The predicted molar refractivity (Wildman–Crippen MR) is 123 cm³/mol. The lowest BCUT2D eigenvalue weighted by Crippen LogP contribution is -2.38. The first-order valence-electron chi connectivity index (χ1n) is 9.10. The lowest BCUT2D eigenvalue weighted by atomic mass is 10.1. The van der Waals surface area contributed by atoms with E-state index >= 15 is 0 Å². The standard InChI is InChI=1S/C21H28N4O.HI/c1-3-23-21(24-14-12-17-8-5-4-6-9-17)25-15-13-18-10-7-11-19(16-18)20(26)22-2;/h4-11,16H,3,12-15H2,1-2H3,(H,22,26)(H2,23,24,25);1H. The number of guanidine groups is 1. The third-order valence-electron chi connectivity index (χ3n) is 3.98. The van der Waals surface area contributed by atoms with Crippen LogP contribution in [0.15, 0.2) is 59.6 Å². The molecule has 6 heteroatoms. The number of carbonyl (C=O) groups excluding carboxylic acids is 1. The van der Waals surface area contributed by atoms with Crippen molar-refractivity contribution in [2.45, 2.75) is 19.8 Å². The third-order valence-corrected chi connectivity index (χ3v) is 3.98. The Morgan fingerprint density at radius 1 is 0.963 bits per heavy atom. The second kappa shape index (κ2) is 13.1. The molecule has 0 unspecified atom stereocenters. The van der Waals surface area contributed by atoms with E-state index in [9.17, 15) is 4.79 Å². The van der Waals surface area contributed by atoms with Gasteiger partial charge in [-0.2, -0.15) is 0 Å². The van der Waals surface area contributed by atoms with E-state index in [-0.39, 0.29) is 29.9 Å². The van der Waals surface area contributed by atoms with Gasteiger partial charge in [0.15, 0.2) is 5.96 Å². The molecule has 0 saturated heterocycles. The second-order valence-electron chi connectivity index (χ2n) is 5.95. The Kier molecular flexibility index (Phi) is 11.2. The zero-order chi connectivity index (χ0) is 18.6. The maximum Gasteiger partial charge on any atom is 0.251 e. The number of hydrogen-bond donors (Lipinski definition) is 3. The van der Waals surface area contributed by atoms with Crippen molar-refractivity contribution in [3.05, 3.63) is 71.3 Å². The minimum absolute atomic E-state index is 0. The molecule has 0 aliphatic carbocycles. The molecule has 0 heterocycles. The average Bonchev–Trinajstić information content (AvgIpc) is 2.68. The van der Waals surface area contributed by atoms with Crippen LogP contribution in [0, 0.1) is 0 Å². The van der Waals surface area contributed by atoms with Crippen LogP contribution < -0.4 is 16.0 Å². The summed E-state index contributed by atoms with van der Waals surface area (Å²) in [5, 5.41) is 9.28. The number of nitrogens with zero attached hydrogens (tertiary/aromatic N) is 1. The van der Waals surface area contributed by atoms with Crippen LogP contribution in [0.2, 0.25) is 0 Å². The van der Waals surface area contributed by atoms with Crippen LogP contribution in [0.5, 0.6) is 0 Å². The quantitative estimate of drug-likeness (QED) is 0.309. The molecule has 0 radical (unpaired) electrons. The number of amides is 1. The smallest absolute Gasteiger partial charge is 0.251 e. The van der Waals surface area contributed by atoms with E-state index in [0.717, 1.165) is 44.0 Å². The highest BCUT2D eigenvalue weighted by atomic mass is 127. The zero-order valence-corrected chi connectivity index (χ0v) is 18.3. The Morgan fingerprint density at radius 3 is 2.41 bits per heavy atom. The van der Waals surface area contributed by atoms with Crippen molar-refractivity contribution in [3.63, 3.8) is 0 Å². The topological polar surface area (TPSA) is 65.5 Å². The van der Waals surface area contributed by atoms with Gasteiger partial charge in [0.2, 0.25) is 0 Å². The summed E-state index contributed by atoms with van der Waals surface area (Å²) in [5.41, 5.74) is 3.10. The van der Waals surface area contributed by atoms with Gasteiger partial charge in [0.05, 0.1) is 0 Å². The van der Waals surface area contributed by atoms with Gasteiger partial charge < -0.3 is 16.0 Å². The molecule has 0 aromatic heterocycles. The molecule has 0 aliphatic heterocycles. The SMILES string of the molecule is CCNC(=NCCc1ccccc1)NCCc1cccc(C(=O)NC)c1.I. The van der Waals surface area contributed by atoms with Crippen LogP contribution >= 0.6 is 24.0 Å². The van der Waals surface area contributed by atoms with Gasteiger partial charge in [0, 0.05) is 32.2 Å². The van der Waals surface area contributed by atoms with E-state index in [1.54, 1.807) is 7.05 Å². The molecule has 3 N–H and O–H groups in total. The monoisotopic (exact) mass is 480 g/mol. The van der Waals surface area contributed by atoms with Gasteiger partial charge in [0.25, 0.3) is 5.91 Å². The Labute approximate surface area is 179 Å². The van der Waals surface area contributed by atoms with Crippen LogP contribution in [-0.4, -0.2) is 38.5 Å². The molecule has 2 rings (SSSR count). The van der Waals surface area contributed by atoms with Crippen molar-refractivity contribution in [1.82, 2.24) is 16.0 Å². The maximum absolute atomic E-state index is 11.7. The predicted octanol–water partition coefficient (Wildman–Crippen LogP) is 3.00. The summed E-state index contributed by atoms with van der Waals surface area (Å²) in [7, 11) is 1.64. The Hall–Kier alpha value is -2.09. The Bertz CT molecular complexity index is 719. The van der Waals surface area contributed by atoms with Crippen molar-refractivity contribution in [2.24, 2.45) is 4.99 Å². The van der Waals surface area contributed by atoms with Crippen LogP contribution in [0.25, 0.3) is 0 Å². The van der Waals surface area contributed by atoms with E-state index < -0.39 is 0 Å². The van der Waals surface area contributed by atoms with Crippen molar-refractivity contribution in [1.29, 1.82) is 0 Å². The molecule has 146 valence electrons. The molecule has 2 aromatic carbocycles. The molecule has 0 spiro atoms. The minimum Gasteiger partial charge on any atom is -0.357 e. The van der Waals surface area contributed by atoms with Crippen LogP contribution in [-0.2, 0) is 12.8 Å². The largest absolute Gasteiger partial charge is 0.357 e. The number of rotatable bonds is 8. The van der Waals surface area contributed by atoms with Gasteiger partial charge >= 0.3 is 0 Å². The van der Waals surface area contributed by atoms with Crippen molar-refractivity contribution in [2.75, 3.05) is 26.7 Å². The molecular weight excluding hydrogens is 451 g/mol. The van der Waals surface area contributed by atoms with E-state index in [4.69, 9.17) is 0 Å². The summed E-state index contributed by atoms with van der Waals surface area (Å²) >= 11 is 0. The molecule has 5 nitrogen and oxygen atoms in total. The van der Waals surface area contributed by atoms with E-state index in [2.05, 4.69) is 52.1 Å². The molecule has 0 bridgehead atoms. The van der Waals surface area contributed by atoms with E-state index in [0.29, 0.717) is 5.56 Å². The van der Waals surface area contributed by atoms with Crippen molar-refractivity contribution < 1.29 is 4.79 Å². The summed E-state index contributed by atoms with van der Waals surface area (Å²) in [5.74, 6) is 0.765. The molecular formula is C21H29IN4O. The molecule has 27 heavy (non-hydrogen) atoms. The van der Waals surface area contributed by atoms with Crippen LogP contribution in [0.1, 0.15) is 28.4 Å². The first kappa shape index (κ1) is 23.0. The van der Waals surface area contributed by atoms with Crippen molar-refractivity contribution >= 4 is 35.8 Å². The fraction of sp³-hybridized carbons (Fsp3) is 0.333. The molecule has 0 aliphatic rings. The normalized spacial score (nSPS) is 10.7. The highest BCUT2D eigenvalue weighted by Gasteiger charge is 2.04. The van der Waals surface area contributed by atoms with Gasteiger partial charge in [-0.05, 0) is 43.0 Å². The summed E-state index contributed by atoms with van der Waals surface area (Å²) in [6.07, 6.45) is 1.75. The first-order chi connectivity index (χ1) is 12.7. The number of benzene rings is 2. The number of halogens is 1. The number of hydrogen-bond acceptors (Lipinski definition) is 2. The van der Waals surface area contributed by atoms with Gasteiger partial charge in [-0.15, -0.1) is 24.0 Å². The Balaban J connectivity index is 0.00000364. The van der Waals surface area contributed by atoms with Gasteiger partial charge in [0.1, 0.15) is 0 Å². The number of carbonyl (C=O) groups is 1. The fourth-order valence-electron chi connectivity index (χ4n) is 2.62. The molecule has 0 fully saturated rings. The first-order valence-corrected chi connectivity index (χ1v) is 9.10. The highest BCUT2D eigenvalue weighted by Crippen LogP contribution is 2.05. The van der Waals surface area contributed by atoms with Gasteiger partial charge in [-0.3, -0.25) is 9.79 Å². The molecule has 1 amide bonds. The van der Waals surface area contributed by atoms with Crippen molar-refractivity contribution in [3.8, 4) is 0 Å². The number of nitrogens with one attached hydrogen (secondary N) is 3. The molecule has 0 saturated carbocycles. The summed E-state index contributed by atoms with van der Waals surface area (Å²) in [4.78, 5) is 16.3. The van der Waals surface area contributed by atoms with Crippen LogP contribution in [0.4, 0.5) is 0 Å². The average molecular weight is 480 g/mol. The minimum atomic E-state index is -0.0596. The molecule has 0 atom stereocenters. The van der Waals surface area contributed by atoms with Crippen LogP contribution in [0.3, 0.4) is 0 Å². The lowest BCUT2D eigenvalue weighted by Gasteiger charge is -2.11. The third kappa shape index (κ3) is 8.43. The molecule has 2 aromatic rings. The highest BCUT2D eigenvalue weighted by molar-refractivity contribution is 14.0. The summed E-state index contributed by atoms with van der Waals surface area (Å²) in [6.45, 7) is 4.38. The zero-order valence-electron chi connectivity index (χ0n) is 16.0. The Morgan fingerprint density at radius 2 is 1.70 bits per heavy atom.